The van der Waals surface area contributed by atoms with Gasteiger partial charge in [-0.25, -0.2) is 0 Å². The van der Waals surface area contributed by atoms with Gasteiger partial charge in [-0.05, 0) is 54.1 Å². The molecule has 0 spiro atoms. The van der Waals surface area contributed by atoms with E-state index < -0.39 is 0 Å². The number of anilines is 2. The standard InChI is InChI=1S/C27H25N3O2/c1-32-26-12-5-4-10-24(26)23-9-2-3-11-25(23)27(31)30-22-15-13-21(14-16-22)29-19-17-20-8-6-7-18-28-20/h2-16,18,29H,17,19H2,1H3,(H,30,31). The highest BCUT2D eigenvalue weighted by atomic mass is 16.5. The molecule has 0 atom stereocenters. The molecule has 0 fully saturated rings. The molecule has 0 aliphatic heterocycles. The molecule has 1 amide bonds. The maximum absolute atomic E-state index is 13.0. The Morgan fingerprint density at radius 1 is 0.812 bits per heavy atom. The highest BCUT2D eigenvalue weighted by molar-refractivity contribution is 6.09. The Kier molecular flexibility index (Phi) is 6.78. The molecule has 0 saturated heterocycles. The van der Waals surface area contributed by atoms with Crippen molar-refractivity contribution in [3.63, 3.8) is 0 Å². The summed E-state index contributed by atoms with van der Waals surface area (Å²) in [6, 6.07) is 28.9. The fraction of sp³-hybridized carbons (Fsp3) is 0.111. The van der Waals surface area contributed by atoms with Crippen LogP contribution in [0, 0.1) is 0 Å². The molecule has 0 aliphatic carbocycles. The second kappa shape index (κ2) is 10.3. The van der Waals surface area contributed by atoms with Crippen LogP contribution in [0.4, 0.5) is 11.4 Å². The second-order valence-electron chi connectivity index (χ2n) is 7.28. The minimum Gasteiger partial charge on any atom is -0.496 e. The van der Waals surface area contributed by atoms with Gasteiger partial charge in [0, 0.05) is 47.4 Å². The zero-order valence-corrected chi connectivity index (χ0v) is 17.9. The van der Waals surface area contributed by atoms with Gasteiger partial charge < -0.3 is 15.4 Å². The van der Waals surface area contributed by atoms with Crippen molar-refractivity contribution < 1.29 is 9.53 Å². The van der Waals surface area contributed by atoms with Crippen LogP contribution in [0.25, 0.3) is 11.1 Å². The Morgan fingerprint density at radius 2 is 1.50 bits per heavy atom. The average Bonchev–Trinajstić information content (AvgIpc) is 2.85. The van der Waals surface area contributed by atoms with Gasteiger partial charge in [-0.15, -0.1) is 0 Å². The van der Waals surface area contributed by atoms with Crippen LogP contribution in [0.2, 0.25) is 0 Å². The van der Waals surface area contributed by atoms with Gasteiger partial charge in [0.1, 0.15) is 5.75 Å². The summed E-state index contributed by atoms with van der Waals surface area (Å²) in [5, 5.41) is 6.38. The third-order valence-corrected chi connectivity index (χ3v) is 5.15. The number of methoxy groups -OCH3 is 1. The lowest BCUT2D eigenvalue weighted by atomic mass is 9.98. The van der Waals surface area contributed by atoms with Gasteiger partial charge in [-0.3, -0.25) is 9.78 Å². The molecule has 3 aromatic carbocycles. The first-order valence-electron chi connectivity index (χ1n) is 10.5. The number of ether oxygens (including phenoxy) is 1. The number of benzene rings is 3. The summed E-state index contributed by atoms with van der Waals surface area (Å²) in [5.74, 6) is 0.566. The summed E-state index contributed by atoms with van der Waals surface area (Å²) >= 11 is 0. The molecular formula is C27H25N3O2. The monoisotopic (exact) mass is 423 g/mol. The molecule has 32 heavy (non-hydrogen) atoms. The van der Waals surface area contributed by atoms with E-state index in [1.165, 1.54) is 0 Å². The third-order valence-electron chi connectivity index (χ3n) is 5.15. The smallest absolute Gasteiger partial charge is 0.256 e. The van der Waals surface area contributed by atoms with Gasteiger partial charge in [0.25, 0.3) is 5.91 Å². The molecule has 0 aliphatic rings. The van der Waals surface area contributed by atoms with Crippen LogP contribution in [0.3, 0.4) is 0 Å². The number of carbonyl (C=O) groups excluding carboxylic acids is 1. The average molecular weight is 424 g/mol. The van der Waals surface area contributed by atoms with Gasteiger partial charge in [-0.1, -0.05) is 42.5 Å². The summed E-state index contributed by atoms with van der Waals surface area (Å²) in [6.45, 7) is 0.787. The predicted molar refractivity (Wildman–Crippen MR) is 129 cm³/mol. The van der Waals surface area contributed by atoms with Crippen LogP contribution < -0.4 is 15.4 Å². The van der Waals surface area contributed by atoms with E-state index in [0.29, 0.717) is 5.56 Å². The van der Waals surface area contributed by atoms with E-state index in [1.54, 1.807) is 13.3 Å². The quantitative estimate of drug-likeness (QED) is 0.384. The maximum Gasteiger partial charge on any atom is 0.256 e. The zero-order valence-electron chi connectivity index (χ0n) is 17.9. The lowest BCUT2D eigenvalue weighted by Crippen LogP contribution is -2.13. The first-order valence-corrected chi connectivity index (χ1v) is 10.5. The molecule has 0 radical (unpaired) electrons. The molecule has 0 unspecified atom stereocenters. The number of para-hydroxylation sites is 1. The molecule has 0 bridgehead atoms. The van der Waals surface area contributed by atoms with Gasteiger partial charge >= 0.3 is 0 Å². The van der Waals surface area contributed by atoms with E-state index in [1.807, 2.05) is 91.0 Å². The van der Waals surface area contributed by atoms with Crippen molar-refractivity contribution in [1.82, 2.24) is 4.98 Å². The minimum atomic E-state index is -0.164. The fourth-order valence-corrected chi connectivity index (χ4v) is 3.53. The molecular weight excluding hydrogens is 398 g/mol. The Hall–Kier alpha value is -4.12. The largest absolute Gasteiger partial charge is 0.496 e. The van der Waals surface area contributed by atoms with Crippen LogP contribution in [0.1, 0.15) is 16.1 Å². The van der Waals surface area contributed by atoms with E-state index in [2.05, 4.69) is 15.6 Å². The molecule has 160 valence electrons. The van der Waals surface area contributed by atoms with Crippen LogP contribution >= 0.6 is 0 Å². The lowest BCUT2D eigenvalue weighted by Gasteiger charge is -2.13. The van der Waals surface area contributed by atoms with E-state index in [4.69, 9.17) is 4.74 Å². The Bertz CT molecular complexity index is 1170. The third kappa shape index (κ3) is 5.13. The summed E-state index contributed by atoms with van der Waals surface area (Å²) in [4.78, 5) is 17.4. The molecule has 4 aromatic rings. The van der Waals surface area contributed by atoms with Crippen LogP contribution in [0.5, 0.6) is 5.75 Å². The van der Waals surface area contributed by atoms with Crippen LogP contribution in [0.15, 0.2) is 97.2 Å². The van der Waals surface area contributed by atoms with Gasteiger partial charge in [0.15, 0.2) is 0 Å². The highest BCUT2D eigenvalue weighted by Gasteiger charge is 2.15. The normalized spacial score (nSPS) is 10.4. The van der Waals surface area contributed by atoms with Crippen LogP contribution in [-0.2, 0) is 6.42 Å². The molecule has 4 rings (SSSR count). The molecule has 1 aromatic heterocycles. The van der Waals surface area contributed by atoms with Crippen molar-refractivity contribution in [3.8, 4) is 16.9 Å². The van der Waals surface area contributed by atoms with Crippen LogP contribution in [-0.4, -0.2) is 24.5 Å². The van der Waals surface area contributed by atoms with Gasteiger partial charge in [0.05, 0.1) is 7.11 Å². The van der Waals surface area contributed by atoms with Crippen molar-refractivity contribution in [2.75, 3.05) is 24.3 Å². The topological polar surface area (TPSA) is 63.2 Å². The number of aromatic nitrogens is 1. The predicted octanol–water partition coefficient (Wildman–Crippen LogP) is 5.66. The van der Waals surface area contributed by atoms with E-state index in [9.17, 15) is 4.79 Å². The zero-order chi connectivity index (χ0) is 22.2. The first-order chi connectivity index (χ1) is 15.7. The molecule has 0 saturated carbocycles. The summed E-state index contributed by atoms with van der Waals surface area (Å²) in [7, 11) is 1.63. The lowest BCUT2D eigenvalue weighted by molar-refractivity contribution is 0.102. The number of hydrogen-bond acceptors (Lipinski definition) is 4. The molecule has 5 heteroatoms. The van der Waals surface area contributed by atoms with Crippen molar-refractivity contribution in [3.05, 3.63) is 108 Å². The van der Waals surface area contributed by atoms with Crippen molar-refractivity contribution >= 4 is 17.3 Å². The Labute approximate surface area is 188 Å². The highest BCUT2D eigenvalue weighted by Crippen LogP contribution is 2.32. The van der Waals surface area contributed by atoms with Gasteiger partial charge in [-0.2, -0.15) is 0 Å². The SMILES string of the molecule is COc1ccccc1-c1ccccc1C(=O)Nc1ccc(NCCc2ccccn2)cc1. The Morgan fingerprint density at radius 3 is 2.25 bits per heavy atom. The Balaban J connectivity index is 1.42. The van der Waals surface area contributed by atoms with E-state index in [-0.39, 0.29) is 5.91 Å². The summed E-state index contributed by atoms with van der Waals surface area (Å²) in [5.41, 5.74) is 5.09. The summed E-state index contributed by atoms with van der Waals surface area (Å²) in [6.07, 6.45) is 2.65. The number of hydrogen-bond donors (Lipinski definition) is 2. The number of carbonyl (C=O) groups is 1. The second-order valence-corrected chi connectivity index (χ2v) is 7.28. The number of nitrogens with one attached hydrogen (secondary N) is 2. The molecule has 5 nitrogen and oxygen atoms in total. The summed E-state index contributed by atoms with van der Waals surface area (Å²) < 4.78 is 5.48. The van der Waals surface area contributed by atoms with Gasteiger partial charge in [0.2, 0.25) is 0 Å². The minimum absolute atomic E-state index is 0.164. The number of amides is 1. The number of nitrogens with zero attached hydrogens (tertiary/aromatic N) is 1. The molecule has 2 N–H and O–H groups in total. The number of pyridine rings is 1. The maximum atomic E-state index is 13.0. The molecule has 1 heterocycles. The fourth-order valence-electron chi connectivity index (χ4n) is 3.53. The van der Waals surface area contributed by atoms with Crippen molar-refractivity contribution in [2.45, 2.75) is 6.42 Å². The van der Waals surface area contributed by atoms with Crippen molar-refractivity contribution in [2.24, 2.45) is 0 Å². The first kappa shape index (κ1) is 21.1. The van der Waals surface area contributed by atoms with Crippen molar-refractivity contribution in [1.29, 1.82) is 0 Å². The van der Waals surface area contributed by atoms with E-state index in [0.717, 1.165) is 46.9 Å². The number of rotatable bonds is 8. The van der Waals surface area contributed by atoms with E-state index >= 15 is 0 Å².